The second-order valence-corrected chi connectivity index (χ2v) is 5.76. The highest BCUT2D eigenvalue weighted by Crippen LogP contribution is 2.25. The van der Waals surface area contributed by atoms with Gasteiger partial charge in [-0.15, -0.1) is 0 Å². The largest absolute Gasteiger partial charge is 0.484 e. The van der Waals surface area contributed by atoms with E-state index in [1.807, 2.05) is 0 Å². The standard InChI is InChI=1S/C14H15Cl2NO5/c1-21-11-5-12(14(19)20)17(6-11)13(18)7-22-10-3-8(15)2-9(16)4-10/h2-4,11-12H,5-7H2,1H3,(H,19,20). The van der Waals surface area contributed by atoms with Crippen molar-refractivity contribution in [2.24, 2.45) is 0 Å². The van der Waals surface area contributed by atoms with Crippen molar-refractivity contribution >= 4 is 35.1 Å². The summed E-state index contributed by atoms with van der Waals surface area (Å²) in [5, 5.41) is 9.95. The fourth-order valence-electron chi connectivity index (χ4n) is 2.32. The molecular weight excluding hydrogens is 333 g/mol. The Morgan fingerprint density at radius 3 is 2.50 bits per heavy atom. The molecule has 0 aliphatic carbocycles. The Morgan fingerprint density at radius 2 is 1.95 bits per heavy atom. The number of aliphatic carboxylic acids is 1. The van der Waals surface area contributed by atoms with Crippen LogP contribution in [0.3, 0.4) is 0 Å². The summed E-state index contributed by atoms with van der Waals surface area (Å²) in [7, 11) is 1.49. The molecular formula is C14H15Cl2NO5. The molecule has 1 aromatic rings. The van der Waals surface area contributed by atoms with E-state index in [0.29, 0.717) is 15.8 Å². The quantitative estimate of drug-likeness (QED) is 0.882. The number of likely N-dealkylation sites (tertiary alicyclic amines) is 1. The Kier molecular flexibility index (Phi) is 5.50. The van der Waals surface area contributed by atoms with Gasteiger partial charge in [0.15, 0.2) is 6.61 Å². The normalized spacial score (nSPS) is 21.0. The van der Waals surface area contributed by atoms with E-state index in [1.165, 1.54) is 24.1 Å². The van der Waals surface area contributed by atoms with Gasteiger partial charge in [0.1, 0.15) is 11.8 Å². The lowest BCUT2D eigenvalue weighted by molar-refractivity contribution is -0.148. The summed E-state index contributed by atoms with van der Waals surface area (Å²) in [6.07, 6.45) is -0.0220. The molecule has 1 aliphatic heterocycles. The number of carbonyl (C=O) groups excluding carboxylic acids is 1. The summed E-state index contributed by atoms with van der Waals surface area (Å²) in [5.74, 6) is -1.14. The van der Waals surface area contributed by atoms with Crippen LogP contribution < -0.4 is 4.74 Å². The van der Waals surface area contributed by atoms with Crippen LogP contribution in [0.15, 0.2) is 18.2 Å². The summed E-state index contributed by atoms with van der Waals surface area (Å²) >= 11 is 11.7. The van der Waals surface area contributed by atoms with Crippen LogP contribution in [-0.2, 0) is 14.3 Å². The molecule has 120 valence electrons. The van der Waals surface area contributed by atoms with E-state index in [2.05, 4.69) is 0 Å². The summed E-state index contributed by atoms with van der Waals surface area (Å²) in [4.78, 5) is 24.6. The number of carboxylic acids is 1. The molecule has 8 heteroatoms. The van der Waals surface area contributed by atoms with Gasteiger partial charge in [0.25, 0.3) is 5.91 Å². The van der Waals surface area contributed by atoms with Crippen LogP contribution in [0.2, 0.25) is 10.0 Å². The van der Waals surface area contributed by atoms with Gasteiger partial charge in [-0.1, -0.05) is 23.2 Å². The minimum absolute atomic E-state index is 0.228. The van der Waals surface area contributed by atoms with Crippen LogP contribution in [0, 0.1) is 0 Å². The Labute approximate surface area is 137 Å². The van der Waals surface area contributed by atoms with Crippen LogP contribution in [0.4, 0.5) is 0 Å². The summed E-state index contributed by atoms with van der Waals surface area (Å²) in [6, 6.07) is 3.69. The number of ether oxygens (including phenoxy) is 2. The average Bonchev–Trinajstić information content (AvgIpc) is 2.88. The third-order valence-corrected chi connectivity index (χ3v) is 3.84. The minimum Gasteiger partial charge on any atom is -0.484 e. The molecule has 2 atom stereocenters. The number of hydrogen-bond donors (Lipinski definition) is 1. The number of benzene rings is 1. The third kappa shape index (κ3) is 4.03. The molecule has 1 heterocycles. The predicted octanol–water partition coefficient (Wildman–Crippen LogP) is 2.07. The molecule has 1 aromatic carbocycles. The highest BCUT2D eigenvalue weighted by atomic mass is 35.5. The van der Waals surface area contributed by atoms with Gasteiger partial charge < -0.3 is 19.5 Å². The molecule has 0 aromatic heterocycles. The van der Waals surface area contributed by atoms with Crippen molar-refractivity contribution < 1.29 is 24.2 Å². The Bertz CT molecular complexity index is 560. The highest BCUT2D eigenvalue weighted by molar-refractivity contribution is 6.34. The highest BCUT2D eigenvalue weighted by Gasteiger charge is 2.39. The first-order valence-corrected chi connectivity index (χ1v) is 7.30. The number of halogens is 2. The summed E-state index contributed by atoms with van der Waals surface area (Å²) in [5.41, 5.74) is 0. The number of hydrogen-bond acceptors (Lipinski definition) is 4. The van der Waals surface area contributed by atoms with Gasteiger partial charge in [-0.3, -0.25) is 4.79 Å². The molecule has 1 saturated heterocycles. The summed E-state index contributed by atoms with van der Waals surface area (Å²) in [6.45, 7) is -0.0666. The SMILES string of the molecule is COC1CC(C(=O)O)N(C(=O)COc2cc(Cl)cc(Cl)c2)C1. The Hall–Kier alpha value is -1.50. The van der Waals surface area contributed by atoms with Crippen LogP contribution >= 0.6 is 23.2 Å². The maximum absolute atomic E-state index is 12.2. The van der Waals surface area contributed by atoms with E-state index in [9.17, 15) is 14.7 Å². The first-order valence-electron chi connectivity index (χ1n) is 6.54. The van der Waals surface area contributed by atoms with Gasteiger partial charge in [-0.25, -0.2) is 4.79 Å². The first-order chi connectivity index (χ1) is 10.4. The smallest absolute Gasteiger partial charge is 0.326 e. The lowest BCUT2D eigenvalue weighted by Gasteiger charge is -2.21. The van der Waals surface area contributed by atoms with E-state index in [1.54, 1.807) is 6.07 Å². The molecule has 6 nitrogen and oxygen atoms in total. The molecule has 0 radical (unpaired) electrons. The van der Waals surface area contributed by atoms with Crippen LogP contribution in [-0.4, -0.2) is 54.3 Å². The van der Waals surface area contributed by atoms with Crippen molar-refractivity contribution in [3.8, 4) is 5.75 Å². The second kappa shape index (κ2) is 7.17. The number of amides is 1. The monoisotopic (exact) mass is 347 g/mol. The van der Waals surface area contributed by atoms with Crippen LogP contribution in [0.1, 0.15) is 6.42 Å². The van der Waals surface area contributed by atoms with Gasteiger partial charge in [0.05, 0.1) is 6.10 Å². The van der Waals surface area contributed by atoms with Gasteiger partial charge >= 0.3 is 5.97 Å². The van der Waals surface area contributed by atoms with Crippen LogP contribution in [0.25, 0.3) is 0 Å². The van der Waals surface area contributed by atoms with E-state index in [-0.39, 0.29) is 25.7 Å². The van der Waals surface area contributed by atoms with Gasteiger partial charge in [-0.2, -0.15) is 0 Å². The minimum atomic E-state index is -1.06. The van der Waals surface area contributed by atoms with Gasteiger partial charge in [0, 0.05) is 30.1 Å². The van der Waals surface area contributed by atoms with Crippen molar-refractivity contribution in [1.29, 1.82) is 0 Å². The molecule has 1 fully saturated rings. The molecule has 0 saturated carbocycles. The van der Waals surface area contributed by atoms with E-state index in [4.69, 9.17) is 32.7 Å². The maximum atomic E-state index is 12.2. The van der Waals surface area contributed by atoms with Gasteiger partial charge in [-0.05, 0) is 18.2 Å². The van der Waals surface area contributed by atoms with Crippen LogP contribution in [0.5, 0.6) is 5.75 Å². The number of methoxy groups -OCH3 is 1. The molecule has 0 bridgehead atoms. The molecule has 1 aliphatic rings. The van der Waals surface area contributed by atoms with Crippen molar-refractivity contribution in [3.05, 3.63) is 28.2 Å². The topological polar surface area (TPSA) is 76.1 Å². The third-order valence-electron chi connectivity index (χ3n) is 3.40. The average molecular weight is 348 g/mol. The number of nitrogens with zero attached hydrogens (tertiary/aromatic N) is 1. The zero-order chi connectivity index (χ0) is 16.3. The Morgan fingerprint density at radius 1 is 1.32 bits per heavy atom. The molecule has 2 rings (SSSR count). The molecule has 2 unspecified atom stereocenters. The van der Waals surface area contributed by atoms with E-state index in [0.717, 1.165) is 0 Å². The van der Waals surface area contributed by atoms with Crippen molar-refractivity contribution in [3.63, 3.8) is 0 Å². The Balaban J connectivity index is 2.00. The van der Waals surface area contributed by atoms with E-state index >= 15 is 0 Å². The van der Waals surface area contributed by atoms with Crippen molar-refractivity contribution in [1.82, 2.24) is 4.90 Å². The number of carbonyl (C=O) groups is 2. The number of carboxylic acid groups (broad SMARTS) is 1. The second-order valence-electron chi connectivity index (χ2n) is 4.89. The van der Waals surface area contributed by atoms with E-state index < -0.39 is 17.9 Å². The molecule has 1 N–H and O–H groups in total. The lowest BCUT2D eigenvalue weighted by atomic mass is 10.2. The predicted molar refractivity (Wildman–Crippen MR) is 80.5 cm³/mol. The fraction of sp³-hybridized carbons (Fsp3) is 0.429. The maximum Gasteiger partial charge on any atom is 0.326 e. The van der Waals surface area contributed by atoms with Crippen molar-refractivity contribution in [2.75, 3.05) is 20.3 Å². The fourth-order valence-corrected chi connectivity index (χ4v) is 2.82. The number of rotatable bonds is 5. The van der Waals surface area contributed by atoms with Crippen molar-refractivity contribution in [2.45, 2.75) is 18.6 Å². The lowest BCUT2D eigenvalue weighted by Crippen LogP contribution is -2.43. The zero-order valence-corrected chi connectivity index (χ0v) is 13.3. The molecule has 0 spiro atoms. The van der Waals surface area contributed by atoms with Gasteiger partial charge in [0.2, 0.25) is 0 Å². The summed E-state index contributed by atoms with van der Waals surface area (Å²) < 4.78 is 10.5. The first kappa shape index (κ1) is 16.9. The molecule has 22 heavy (non-hydrogen) atoms. The zero-order valence-electron chi connectivity index (χ0n) is 11.8. The molecule has 1 amide bonds.